The molecule has 1 aromatic rings. The third kappa shape index (κ3) is 3.39. The molecule has 116 valence electrons. The smallest absolute Gasteiger partial charge is 0.344 e. The number of likely N-dealkylation sites (tertiary alicyclic amines) is 1. The molecule has 0 amide bonds. The van der Waals surface area contributed by atoms with Gasteiger partial charge in [-0.25, -0.2) is 0 Å². The number of nitrogens with one attached hydrogen (secondary N) is 1. The van der Waals surface area contributed by atoms with Crippen molar-refractivity contribution in [3.63, 3.8) is 0 Å². The van der Waals surface area contributed by atoms with Gasteiger partial charge in [0.1, 0.15) is 0 Å². The highest BCUT2D eigenvalue weighted by Crippen LogP contribution is 2.35. The van der Waals surface area contributed by atoms with E-state index in [1.165, 1.54) is 4.90 Å². The van der Waals surface area contributed by atoms with E-state index in [0.717, 1.165) is 5.56 Å². The molecule has 1 fully saturated rings. The van der Waals surface area contributed by atoms with Gasteiger partial charge in [0, 0.05) is 31.5 Å². The van der Waals surface area contributed by atoms with E-state index in [1.54, 1.807) is 0 Å². The topological polar surface area (TPSA) is 44.0 Å². The first-order chi connectivity index (χ1) is 9.79. The normalized spacial score (nSPS) is 19.8. The quantitative estimate of drug-likeness (QED) is 0.907. The van der Waals surface area contributed by atoms with Crippen molar-refractivity contribution in [1.29, 1.82) is 5.26 Å². The summed E-state index contributed by atoms with van der Waals surface area (Å²) in [4.78, 5) is 1.33. The summed E-state index contributed by atoms with van der Waals surface area (Å²) in [6.07, 6.45) is -0.209. The second kappa shape index (κ2) is 5.70. The highest BCUT2D eigenvalue weighted by Gasteiger charge is 2.47. The summed E-state index contributed by atoms with van der Waals surface area (Å²) in [5.74, 6) is 0. The van der Waals surface area contributed by atoms with Crippen molar-refractivity contribution >= 4 is 0 Å². The fourth-order valence-electron chi connectivity index (χ4n) is 2.80. The van der Waals surface area contributed by atoms with Crippen LogP contribution in [-0.4, -0.2) is 42.3 Å². The minimum absolute atomic E-state index is 0.164. The summed E-state index contributed by atoms with van der Waals surface area (Å²) in [6.45, 7) is 1.60. The van der Waals surface area contributed by atoms with Gasteiger partial charge < -0.3 is 9.88 Å². The van der Waals surface area contributed by atoms with Crippen LogP contribution in [0, 0.1) is 11.3 Å². The van der Waals surface area contributed by atoms with Crippen LogP contribution < -0.4 is 5.32 Å². The second-order valence-corrected chi connectivity index (χ2v) is 5.68. The molecule has 0 aromatic carbocycles. The van der Waals surface area contributed by atoms with Gasteiger partial charge in [-0.3, -0.25) is 4.90 Å². The third-order valence-electron chi connectivity index (χ3n) is 4.04. The van der Waals surface area contributed by atoms with Crippen LogP contribution in [0.3, 0.4) is 0 Å². The molecule has 1 aromatic heterocycles. The molecule has 0 saturated carbocycles. The van der Waals surface area contributed by atoms with Crippen LogP contribution in [0.15, 0.2) is 18.5 Å². The summed E-state index contributed by atoms with van der Waals surface area (Å²) in [6, 6.07) is 4.20. The summed E-state index contributed by atoms with van der Waals surface area (Å²) in [5.41, 5.74) is 0.523. The summed E-state index contributed by atoms with van der Waals surface area (Å²) < 4.78 is 39.1. The van der Waals surface area contributed by atoms with Crippen molar-refractivity contribution in [1.82, 2.24) is 14.8 Å². The van der Waals surface area contributed by atoms with Gasteiger partial charge in [-0.15, -0.1) is 0 Å². The lowest BCUT2D eigenvalue weighted by Gasteiger charge is -2.50. The summed E-state index contributed by atoms with van der Waals surface area (Å²) in [7, 11) is 1.85. The number of alkyl halides is 3. The zero-order valence-electron chi connectivity index (χ0n) is 12.1. The van der Waals surface area contributed by atoms with Crippen molar-refractivity contribution in [3.05, 3.63) is 24.0 Å². The Morgan fingerprint density at radius 2 is 2.14 bits per heavy atom. The molecule has 21 heavy (non-hydrogen) atoms. The number of rotatable bonds is 5. The highest BCUT2D eigenvalue weighted by molar-refractivity contribution is 5.19. The molecule has 0 aliphatic carbocycles. The maximum Gasteiger partial charge on any atom is 0.401 e. The van der Waals surface area contributed by atoms with Crippen molar-refractivity contribution in [2.75, 3.05) is 26.7 Å². The lowest BCUT2D eigenvalue weighted by atomic mass is 9.86. The lowest BCUT2D eigenvalue weighted by Crippen LogP contribution is -2.63. The number of nitriles is 1. The van der Waals surface area contributed by atoms with Crippen LogP contribution in [0.1, 0.15) is 24.9 Å². The van der Waals surface area contributed by atoms with Crippen molar-refractivity contribution in [2.45, 2.75) is 31.1 Å². The van der Waals surface area contributed by atoms with Crippen LogP contribution in [0.2, 0.25) is 0 Å². The van der Waals surface area contributed by atoms with Crippen molar-refractivity contribution < 1.29 is 13.2 Å². The molecule has 0 spiro atoms. The zero-order chi connectivity index (χ0) is 15.7. The standard InChI is InChI=1S/C14H19F3N4/c1-11(19-2)12-3-6-21(7-12)13(4-5-18)8-20(9-13)10-14(15,16)17/h3,6-7,11,19H,4,8-10H2,1-2H3. The first-order valence-corrected chi connectivity index (χ1v) is 6.81. The molecule has 1 atom stereocenters. The van der Waals surface area contributed by atoms with Crippen molar-refractivity contribution in [3.8, 4) is 6.07 Å². The Morgan fingerprint density at radius 3 is 2.67 bits per heavy atom. The van der Waals surface area contributed by atoms with Crippen LogP contribution in [0.5, 0.6) is 0 Å². The molecule has 1 unspecified atom stereocenters. The number of hydrogen-bond acceptors (Lipinski definition) is 3. The molecule has 2 rings (SSSR count). The highest BCUT2D eigenvalue weighted by atomic mass is 19.4. The summed E-state index contributed by atoms with van der Waals surface area (Å²) in [5, 5.41) is 12.1. The molecule has 1 saturated heterocycles. The van der Waals surface area contributed by atoms with E-state index in [4.69, 9.17) is 5.26 Å². The predicted molar refractivity (Wildman–Crippen MR) is 72.6 cm³/mol. The molecule has 2 heterocycles. The Bertz CT molecular complexity index is 523. The van der Waals surface area contributed by atoms with E-state index in [0.29, 0.717) is 0 Å². The Kier molecular flexibility index (Phi) is 4.30. The van der Waals surface area contributed by atoms with Gasteiger partial charge in [-0.1, -0.05) is 0 Å². The van der Waals surface area contributed by atoms with E-state index < -0.39 is 18.3 Å². The second-order valence-electron chi connectivity index (χ2n) is 5.68. The van der Waals surface area contributed by atoms with E-state index in [1.807, 2.05) is 37.0 Å². The Balaban J connectivity index is 2.11. The molecule has 1 aliphatic rings. The Morgan fingerprint density at radius 1 is 1.48 bits per heavy atom. The van der Waals surface area contributed by atoms with E-state index in [9.17, 15) is 13.2 Å². The SMILES string of the molecule is CNC(C)c1ccn(C2(CC#N)CN(CC(F)(F)F)C2)c1. The van der Waals surface area contributed by atoms with Gasteiger partial charge >= 0.3 is 6.18 Å². The maximum absolute atomic E-state index is 12.4. The molecule has 0 radical (unpaired) electrons. The molecule has 4 nitrogen and oxygen atoms in total. The van der Waals surface area contributed by atoms with Crippen molar-refractivity contribution in [2.24, 2.45) is 0 Å². The van der Waals surface area contributed by atoms with E-state index in [2.05, 4.69) is 11.4 Å². The lowest BCUT2D eigenvalue weighted by molar-refractivity contribution is -0.166. The monoisotopic (exact) mass is 300 g/mol. The predicted octanol–water partition coefficient (Wildman–Crippen LogP) is 2.26. The number of halogens is 3. The van der Waals surface area contributed by atoms with Crippen LogP contribution >= 0.6 is 0 Å². The number of aromatic nitrogens is 1. The Hall–Kier alpha value is -1.52. The third-order valence-corrected chi connectivity index (χ3v) is 4.04. The van der Waals surface area contributed by atoms with Gasteiger partial charge in [0.25, 0.3) is 0 Å². The first kappa shape index (κ1) is 15.9. The molecule has 1 N–H and O–H groups in total. The van der Waals surface area contributed by atoms with Gasteiger partial charge in [0.05, 0.1) is 24.6 Å². The average Bonchev–Trinajstić information content (AvgIpc) is 2.83. The maximum atomic E-state index is 12.4. The summed E-state index contributed by atoms with van der Waals surface area (Å²) >= 11 is 0. The van der Waals surface area contributed by atoms with Crippen LogP contribution in [0.25, 0.3) is 0 Å². The van der Waals surface area contributed by atoms with Gasteiger partial charge in [-0.2, -0.15) is 18.4 Å². The largest absolute Gasteiger partial charge is 0.401 e. The number of hydrogen-bond donors (Lipinski definition) is 1. The van der Waals surface area contributed by atoms with Gasteiger partial charge in [0.15, 0.2) is 0 Å². The number of nitrogens with zero attached hydrogens (tertiary/aromatic N) is 3. The molecular weight excluding hydrogens is 281 g/mol. The van der Waals surface area contributed by atoms with Gasteiger partial charge in [-0.05, 0) is 25.6 Å². The van der Waals surface area contributed by atoms with Crippen LogP contribution in [0.4, 0.5) is 13.2 Å². The molecule has 0 bridgehead atoms. The van der Waals surface area contributed by atoms with E-state index in [-0.39, 0.29) is 25.6 Å². The fraction of sp³-hybridized carbons (Fsp3) is 0.643. The zero-order valence-corrected chi connectivity index (χ0v) is 12.1. The molecular formula is C14H19F3N4. The average molecular weight is 300 g/mol. The molecule has 7 heteroatoms. The first-order valence-electron chi connectivity index (χ1n) is 6.81. The molecule has 1 aliphatic heterocycles. The minimum atomic E-state index is -4.19. The fourth-order valence-corrected chi connectivity index (χ4v) is 2.80. The van der Waals surface area contributed by atoms with E-state index >= 15 is 0 Å². The Labute approximate surface area is 122 Å². The minimum Gasteiger partial charge on any atom is -0.344 e. The van der Waals surface area contributed by atoms with Crippen LogP contribution in [-0.2, 0) is 5.54 Å². The van der Waals surface area contributed by atoms with Gasteiger partial charge in [0.2, 0.25) is 0 Å².